The molecule has 152 valence electrons. The van der Waals surface area contributed by atoms with Crippen molar-refractivity contribution in [2.75, 3.05) is 5.32 Å². The lowest BCUT2D eigenvalue weighted by atomic mass is 10.1. The van der Waals surface area contributed by atoms with Crippen molar-refractivity contribution in [2.24, 2.45) is 0 Å². The van der Waals surface area contributed by atoms with Gasteiger partial charge in [0.25, 0.3) is 5.91 Å². The van der Waals surface area contributed by atoms with E-state index in [2.05, 4.69) is 12.2 Å². The summed E-state index contributed by atoms with van der Waals surface area (Å²) >= 11 is 0. The zero-order valence-corrected chi connectivity index (χ0v) is 16.9. The molecule has 2 aromatic carbocycles. The lowest BCUT2D eigenvalue weighted by Gasteiger charge is -2.12. The Hall–Kier alpha value is -3.61. The lowest BCUT2D eigenvalue weighted by Crippen LogP contribution is -2.17. The molecule has 0 aliphatic carbocycles. The summed E-state index contributed by atoms with van der Waals surface area (Å²) in [6.07, 6.45) is 1.85. The van der Waals surface area contributed by atoms with Crippen LogP contribution in [-0.4, -0.2) is 26.2 Å². The van der Waals surface area contributed by atoms with Crippen LogP contribution in [0, 0.1) is 11.2 Å². The first kappa shape index (κ1) is 19.7. The van der Waals surface area contributed by atoms with Gasteiger partial charge in [-0.2, -0.15) is 0 Å². The van der Waals surface area contributed by atoms with Crippen molar-refractivity contribution in [1.82, 2.24) is 14.5 Å². The number of benzene rings is 2. The second-order valence-electron chi connectivity index (χ2n) is 7.20. The highest BCUT2D eigenvalue weighted by atomic mass is 19.1. The molecule has 4 aromatic rings. The molecule has 0 aliphatic heterocycles. The fraction of sp³-hybridized carbons (Fsp3) is 0.217. The van der Waals surface area contributed by atoms with Crippen molar-refractivity contribution in [1.29, 1.82) is 5.41 Å². The summed E-state index contributed by atoms with van der Waals surface area (Å²) in [4.78, 5) is 22.4. The number of aromatic nitrogens is 3. The average Bonchev–Trinajstić information content (AvgIpc) is 3.03. The summed E-state index contributed by atoms with van der Waals surface area (Å²) in [7, 11) is 0. The smallest absolute Gasteiger partial charge is 0.256 e. The van der Waals surface area contributed by atoms with Gasteiger partial charge in [-0.3, -0.25) is 4.79 Å². The number of fused-ring (bicyclic) bond motifs is 2. The topological polar surface area (TPSA) is 83.7 Å². The van der Waals surface area contributed by atoms with Crippen LogP contribution < -0.4 is 5.32 Å². The second-order valence-corrected chi connectivity index (χ2v) is 7.20. The van der Waals surface area contributed by atoms with Crippen LogP contribution in [0.25, 0.3) is 22.2 Å². The van der Waals surface area contributed by atoms with Gasteiger partial charge in [0.1, 0.15) is 17.2 Å². The van der Waals surface area contributed by atoms with Gasteiger partial charge in [-0.05, 0) is 49.7 Å². The molecule has 0 bridgehead atoms. The van der Waals surface area contributed by atoms with E-state index in [4.69, 9.17) is 15.4 Å². The summed E-state index contributed by atoms with van der Waals surface area (Å²) in [5.74, 6) is -0.280. The van der Waals surface area contributed by atoms with Crippen molar-refractivity contribution in [3.05, 3.63) is 65.5 Å². The van der Waals surface area contributed by atoms with E-state index in [1.807, 2.05) is 28.8 Å². The predicted octanol–water partition coefficient (Wildman–Crippen LogP) is 5.16. The third-order valence-electron chi connectivity index (χ3n) is 5.00. The zero-order chi connectivity index (χ0) is 21.3. The minimum atomic E-state index is -0.403. The maximum Gasteiger partial charge on any atom is 0.256 e. The quantitative estimate of drug-likeness (QED) is 0.436. The number of halogens is 1. The van der Waals surface area contributed by atoms with E-state index in [0.29, 0.717) is 34.7 Å². The van der Waals surface area contributed by atoms with Gasteiger partial charge in [0.2, 0.25) is 0 Å². The largest absolute Gasteiger partial charge is 0.310 e. The number of nitrogens with one attached hydrogen (secondary N) is 2. The SMILES string of the molecule is CCCCn1c(NC(=O)c2ccc(F)cc2)c(C(C)=N)c2nc3ccccc3nc21. The molecule has 1 amide bonds. The second kappa shape index (κ2) is 8.02. The first-order chi connectivity index (χ1) is 14.5. The Balaban J connectivity index is 1.91. The maximum atomic E-state index is 13.2. The fourth-order valence-corrected chi connectivity index (χ4v) is 3.50. The molecule has 2 aromatic heterocycles. The third kappa shape index (κ3) is 3.54. The van der Waals surface area contributed by atoms with E-state index in [9.17, 15) is 9.18 Å². The van der Waals surface area contributed by atoms with Gasteiger partial charge in [-0.15, -0.1) is 0 Å². The van der Waals surface area contributed by atoms with E-state index in [1.54, 1.807) is 6.92 Å². The molecular formula is C23H22FN5O. The molecule has 2 N–H and O–H groups in total. The molecule has 4 rings (SSSR count). The van der Waals surface area contributed by atoms with E-state index >= 15 is 0 Å². The van der Waals surface area contributed by atoms with Gasteiger partial charge in [0.05, 0.1) is 16.6 Å². The van der Waals surface area contributed by atoms with Gasteiger partial charge < -0.3 is 15.3 Å². The molecule has 0 unspecified atom stereocenters. The Morgan fingerprint density at radius 3 is 2.40 bits per heavy atom. The maximum absolute atomic E-state index is 13.2. The molecule has 0 aliphatic rings. The monoisotopic (exact) mass is 403 g/mol. The van der Waals surface area contributed by atoms with Crippen LogP contribution in [0.1, 0.15) is 42.6 Å². The van der Waals surface area contributed by atoms with Crippen LogP contribution >= 0.6 is 0 Å². The Morgan fingerprint density at radius 1 is 1.10 bits per heavy atom. The molecule has 0 saturated carbocycles. The molecule has 6 nitrogen and oxygen atoms in total. The Bertz CT molecular complexity index is 1260. The molecule has 7 heteroatoms. The van der Waals surface area contributed by atoms with E-state index in [-0.39, 0.29) is 11.6 Å². The number of amides is 1. The van der Waals surface area contributed by atoms with Gasteiger partial charge in [0, 0.05) is 17.8 Å². The normalized spacial score (nSPS) is 11.2. The van der Waals surface area contributed by atoms with Crippen LogP contribution in [0.3, 0.4) is 0 Å². The summed E-state index contributed by atoms with van der Waals surface area (Å²) in [6.45, 7) is 4.39. The summed E-state index contributed by atoms with van der Waals surface area (Å²) in [5.41, 5.74) is 3.89. The first-order valence-electron chi connectivity index (χ1n) is 9.91. The Morgan fingerprint density at radius 2 is 1.77 bits per heavy atom. The summed E-state index contributed by atoms with van der Waals surface area (Å²) in [5, 5.41) is 11.3. The standard InChI is InChI=1S/C23H22FN5O/c1-3-4-13-29-21(28-23(30)15-9-11-16(24)12-10-15)19(14(2)25)20-22(29)27-18-8-6-5-7-17(18)26-20/h5-12,25H,3-4,13H2,1-2H3,(H,28,30). The number of carbonyl (C=O) groups is 1. The number of nitrogens with zero attached hydrogens (tertiary/aromatic N) is 3. The zero-order valence-electron chi connectivity index (χ0n) is 16.9. The van der Waals surface area contributed by atoms with Gasteiger partial charge in [0.15, 0.2) is 5.65 Å². The highest BCUT2D eigenvalue weighted by Crippen LogP contribution is 2.31. The van der Waals surface area contributed by atoms with Crippen LogP contribution in [-0.2, 0) is 6.54 Å². The Kier molecular flexibility index (Phi) is 5.27. The number of carbonyl (C=O) groups excluding carboxylic acids is 1. The highest BCUT2D eigenvalue weighted by molar-refractivity contribution is 6.15. The highest BCUT2D eigenvalue weighted by Gasteiger charge is 2.23. The molecule has 0 fully saturated rings. The van der Waals surface area contributed by atoms with Gasteiger partial charge in [-0.1, -0.05) is 25.5 Å². The fourth-order valence-electron chi connectivity index (χ4n) is 3.50. The number of aryl methyl sites for hydroxylation is 1. The van der Waals surface area contributed by atoms with Crippen LogP contribution in [0.5, 0.6) is 0 Å². The van der Waals surface area contributed by atoms with Crippen molar-refractivity contribution >= 4 is 39.6 Å². The van der Waals surface area contributed by atoms with Crippen LogP contribution in [0.15, 0.2) is 48.5 Å². The number of hydrogen-bond donors (Lipinski definition) is 2. The number of para-hydroxylation sites is 2. The molecule has 0 radical (unpaired) electrons. The molecule has 0 spiro atoms. The summed E-state index contributed by atoms with van der Waals surface area (Å²) in [6, 6.07) is 12.9. The molecule has 30 heavy (non-hydrogen) atoms. The number of unbranched alkanes of at least 4 members (excludes halogenated alkanes) is 1. The Labute approximate surface area is 173 Å². The first-order valence-corrected chi connectivity index (χ1v) is 9.91. The lowest BCUT2D eigenvalue weighted by molar-refractivity contribution is 0.102. The third-order valence-corrected chi connectivity index (χ3v) is 5.00. The minimum absolute atomic E-state index is 0.286. The van der Waals surface area contributed by atoms with Crippen LogP contribution in [0.4, 0.5) is 10.2 Å². The molecular weight excluding hydrogens is 381 g/mol. The predicted molar refractivity (Wildman–Crippen MR) is 117 cm³/mol. The van der Waals surface area contributed by atoms with Crippen molar-refractivity contribution in [3.63, 3.8) is 0 Å². The van der Waals surface area contributed by atoms with Crippen molar-refractivity contribution in [2.45, 2.75) is 33.2 Å². The summed E-state index contributed by atoms with van der Waals surface area (Å²) < 4.78 is 15.2. The van der Waals surface area contributed by atoms with Gasteiger partial charge >= 0.3 is 0 Å². The van der Waals surface area contributed by atoms with Crippen LogP contribution in [0.2, 0.25) is 0 Å². The van der Waals surface area contributed by atoms with Crippen molar-refractivity contribution in [3.8, 4) is 0 Å². The molecule has 0 atom stereocenters. The number of hydrogen-bond acceptors (Lipinski definition) is 4. The van der Waals surface area contributed by atoms with E-state index in [0.717, 1.165) is 23.9 Å². The van der Waals surface area contributed by atoms with Crippen molar-refractivity contribution < 1.29 is 9.18 Å². The van der Waals surface area contributed by atoms with E-state index < -0.39 is 5.82 Å². The number of rotatable bonds is 6. The average molecular weight is 403 g/mol. The van der Waals surface area contributed by atoms with E-state index in [1.165, 1.54) is 24.3 Å². The number of anilines is 1. The molecule has 2 heterocycles. The minimum Gasteiger partial charge on any atom is -0.310 e. The molecule has 0 saturated heterocycles. The van der Waals surface area contributed by atoms with Gasteiger partial charge in [-0.25, -0.2) is 14.4 Å².